The first kappa shape index (κ1) is 22.6. The van der Waals surface area contributed by atoms with Crippen molar-refractivity contribution < 1.29 is 4.79 Å². The third-order valence-corrected chi connectivity index (χ3v) is 10.1. The van der Waals surface area contributed by atoms with Gasteiger partial charge in [0.1, 0.15) is 5.01 Å². The molecule has 4 aliphatic carbocycles. The van der Waals surface area contributed by atoms with E-state index in [9.17, 15) is 9.59 Å². The number of piperazine rings is 1. The maximum atomic E-state index is 13.7. The molecule has 1 saturated heterocycles. The lowest BCUT2D eigenvalue weighted by atomic mass is 9.49. The van der Waals surface area contributed by atoms with Crippen LogP contribution in [0.3, 0.4) is 0 Å². The van der Waals surface area contributed by atoms with Crippen molar-refractivity contribution in [3.05, 3.63) is 51.9 Å². The Balaban J connectivity index is 1.03. The summed E-state index contributed by atoms with van der Waals surface area (Å²) >= 11 is 1.45. The Hall–Kier alpha value is -2.58. The van der Waals surface area contributed by atoms with Gasteiger partial charge in [-0.1, -0.05) is 35.1 Å². The minimum atomic E-state index is -0.138. The van der Waals surface area contributed by atoms with Crippen LogP contribution in [0.25, 0.3) is 15.5 Å². The molecular weight excluding hydrogens is 470 g/mol. The maximum absolute atomic E-state index is 13.7. The second-order valence-corrected chi connectivity index (χ2v) is 12.8. The standard InChI is InChI=1S/C28H33N5O2S/c1-18-3-2-4-22(9-18)25-30-33-24(34)13-23(29-27(33)36-25)17-31-5-7-32(8-6-31)26(35)28-14-19-10-20(15-28)12-21(11-19)16-28/h2-4,9,13,19-21H,5-8,10-12,14-17H2,1H3. The summed E-state index contributed by atoms with van der Waals surface area (Å²) in [5.41, 5.74) is 2.75. The van der Waals surface area contributed by atoms with Crippen molar-refractivity contribution >= 4 is 22.2 Å². The number of carbonyl (C=O) groups is 1. The molecule has 8 rings (SSSR count). The van der Waals surface area contributed by atoms with E-state index in [0.717, 1.165) is 85.0 Å². The molecule has 1 amide bonds. The fraction of sp³-hybridized carbons (Fsp3) is 0.571. The monoisotopic (exact) mass is 503 g/mol. The first-order valence-corrected chi connectivity index (χ1v) is 14.2. The van der Waals surface area contributed by atoms with Gasteiger partial charge in [0, 0.05) is 44.4 Å². The van der Waals surface area contributed by atoms with Crippen molar-refractivity contribution in [2.24, 2.45) is 23.2 Å². The Bertz CT molecular complexity index is 1350. The van der Waals surface area contributed by atoms with Crippen LogP contribution >= 0.6 is 11.3 Å². The number of benzene rings is 1. The highest BCUT2D eigenvalue weighted by atomic mass is 32.1. The fourth-order valence-electron chi connectivity index (χ4n) is 7.88. The number of aryl methyl sites for hydroxylation is 1. The van der Waals surface area contributed by atoms with E-state index >= 15 is 0 Å². The molecule has 3 heterocycles. The molecule has 3 aromatic rings. The molecule has 7 nitrogen and oxygen atoms in total. The molecule has 0 radical (unpaired) electrons. The van der Waals surface area contributed by atoms with Crippen LogP contribution in [0.5, 0.6) is 0 Å². The molecule has 0 spiro atoms. The van der Waals surface area contributed by atoms with Crippen molar-refractivity contribution in [1.82, 2.24) is 24.4 Å². The highest BCUT2D eigenvalue weighted by Crippen LogP contribution is 2.60. The fourth-order valence-corrected chi connectivity index (χ4v) is 8.80. The number of amides is 1. The third-order valence-electron chi connectivity index (χ3n) is 9.10. The van der Waals surface area contributed by atoms with Crippen LogP contribution in [-0.4, -0.2) is 56.5 Å². The molecule has 1 aromatic carbocycles. The van der Waals surface area contributed by atoms with E-state index in [1.54, 1.807) is 6.07 Å². The van der Waals surface area contributed by atoms with Crippen molar-refractivity contribution in [3.8, 4) is 10.6 Å². The topological polar surface area (TPSA) is 70.8 Å². The first-order valence-electron chi connectivity index (χ1n) is 13.4. The summed E-state index contributed by atoms with van der Waals surface area (Å²) in [7, 11) is 0. The molecule has 8 heteroatoms. The normalized spacial score (nSPS) is 29.8. The van der Waals surface area contributed by atoms with E-state index in [4.69, 9.17) is 4.98 Å². The lowest BCUT2D eigenvalue weighted by molar-refractivity contribution is -0.159. The van der Waals surface area contributed by atoms with Gasteiger partial charge in [-0.25, -0.2) is 4.98 Å². The lowest BCUT2D eigenvalue weighted by Gasteiger charge is -2.57. The number of hydrogen-bond acceptors (Lipinski definition) is 6. The molecule has 5 fully saturated rings. The number of rotatable bonds is 4. The van der Waals surface area contributed by atoms with Crippen LogP contribution in [0.15, 0.2) is 35.1 Å². The Morgan fingerprint density at radius 2 is 1.72 bits per heavy atom. The minimum absolute atomic E-state index is 0.0562. The molecule has 188 valence electrons. The molecule has 0 atom stereocenters. The van der Waals surface area contributed by atoms with Crippen LogP contribution in [0.2, 0.25) is 0 Å². The highest BCUT2D eigenvalue weighted by molar-refractivity contribution is 7.19. The predicted molar refractivity (Wildman–Crippen MR) is 140 cm³/mol. The summed E-state index contributed by atoms with van der Waals surface area (Å²) in [5, 5.41) is 5.32. The van der Waals surface area contributed by atoms with Crippen molar-refractivity contribution in [2.75, 3.05) is 26.2 Å². The summed E-state index contributed by atoms with van der Waals surface area (Å²) in [6, 6.07) is 9.76. The molecule has 4 saturated carbocycles. The summed E-state index contributed by atoms with van der Waals surface area (Å²) in [6.07, 6.45) is 7.49. The zero-order valence-corrected chi connectivity index (χ0v) is 21.7. The second kappa shape index (κ2) is 8.48. The summed E-state index contributed by atoms with van der Waals surface area (Å²) in [5.74, 6) is 2.81. The minimum Gasteiger partial charge on any atom is -0.340 e. The molecule has 0 unspecified atom stereocenters. The Morgan fingerprint density at radius 3 is 2.39 bits per heavy atom. The highest BCUT2D eigenvalue weighted by Gasteiger charge is 2.55. The SMILES string of the molecule is Cc1cccc(-c2nn3c(=O)cc(CN4CCN(C(=O)C56CC7CC(CC(C7)C5)C6)CC4)nc3s2)c1. The molecule has 36 heavy (non-hydrogen) atoms. The zero-order chi connectivity index (χ0) is 24.4. The van der Waals surface area contributed by atoms with Crippen LogP contribution in [-0.2, 0) is 11.3 Å². The van der Waals surface area contributed by atoms with E-state index in [0.29, 0.717) is 17.4 Å². The molecule has 2 aromatic heterocycles. The van der Waals surface area contributed by atoms with Crippen molar-refractivity contribution in [2.45, 2.75) is 52.0 Å². The van der Waals surface area contributed by atoms with Crippen LogP contribution in [0.4, 0.5) is 0 Å². The molecule has 1 aliphatic heterocycles. The number of nitrogens with zero attached hydrogens (tertiary/aromatic N) is 5. The summed E-state index contributed by atoms with van der Waals surface area (Å²) in [6.45, 7) is 5.89. The smallest absolute Gasteiger partial charge is 0.275 e. The van der Waals surface area contributed by atoms with Crippen LogP contribution < -0.4 is 5.56 Å². The van der Waals surface area contributed by atoms with Crippen LogP contribution in [0.1, 0.15) is 49.8 Å². The van der Waals surface area contributed by atoms with Crippen LogP contribution in [0, 0.1) is 30.1 Å². The van der Waals surface area contributed by atoms with Crippen molar-refractivity contribution in [1.29, 1.82) is 0 Å². The largest absolute Gasteiger partial charge is 0.340 e. The van der Waals surface area contributed by atoms with E-state index in [1.165, 1.54) is 35.1 Å². The first-order chi connectivity index (χ1) is 17.4. The average Bonchev–Trinajstić information content (AvgIpc) is 3.28. The van der Waals surface area contributed by atoms with Gasteiger partial charge in [0.2, 0.25) is 10.9 Å². The summed E-state index contributed by atoms with van der Waals surface area (Å²) < 4.78 is 1.41. The van der Waals surface area contributed by atoms with Gasteiger partial charge in [0.15, 0.2) is 0 Å². The molecular formula is C28H33N5O2S. The van der Waals surface area contributed by atoms with Gasteiger partial charge in [-0.05, 0) is 69.3 Å². The van der Waals surface area contributed by atoms with E-state index in [1.807, 2.05) is 12.1 Å². The predicted octanol–water partition coefficient (Wildman–Crippen LogP) is 3.99. The van der Waals surface area contributed by atoms with Gasteiger partial charge >= 0.3 is 0 Å². The van der Waals surface area contributed by atoms with E-state index in [2.05, 4.69) is 34.0 Å². The number of carbonyl (C=O) groups excluding carboxylic acids is 1. The second-order valence-electron chi connectivity index (χ2n) is 11.8. The van der Waals surface area contributed by atoms with Crippen molar-refractivity contribution in [3.63, 3.8) is 0 Å². The zero-order valence-electron chi connectivity index (χ0n) is 20.9. The third kappa shape index (κ3) is 3.89. The number of aromatic nitrogens is 3. The lowest BCUT2D eigenvalue weighted by Crippen LogP contribution is -2.58. The van der Waals surface area contributed by atoms with Gasteiger partial charge in [-0.3, -0.25) is 14.5 Å². The number of fused-ring (bicyclic) bond motifs is 1. The van der Waals surface area contributed by atoms with E-state index < -0.39 is 0 Å². The summed E-state index contributed by atoms with van der Waals surface area (Å²) in [4.78, 5) is 36.4. The Kier molecular flexibility index (Phi) is 5.33. The van der Waals surface area contributed by atoms with E-state index in [-0.39, 0.29) is 11.0 Å². The van der Waals surface area contributed by atoms with Gasteiger partial charge in [-0.15, -0.1) is 0 Å². The quantitative estimate of drug-likeness (QED) is 0.539. The van der Waals surface area contributed by atoms with Gasteiger partial charge in [-0.2, -0.15) is 9.61 Å². The Morgan fingerprint density at radius 1 is 1.03 bits per heavy atom. The Labute approximate surface area is 215 Å². The number of hydrogen-bond donors (Lipinski definition) is 0. The molecule has 5 aliphatic rings. The molecule has 4 bridgehead atoms. The average molecular weight is 504 g/mol. The van der Waals surface area contributed by atoms with Gasteiger partial charge in [0.25, 0.3) is 5.56 Å². The molecule has 0 N–H and O–H groups in total. The van der Waals surface area contributed by atoms with Gasteiger partial charge < -0.3 is 4.90 Å². The van der Waals surface area contributed by atoms with Gasteiger partial charge in [0.05, 0.1) is 11.1 Å². The maximum Gasteiger partial charge on any atom is 0.275 e.